The minimum absolute atomic E-state index is 0.0893. The van der Waals surface area contributed by atoms with Crippen LogP contribution < -0.4 is 10.5 Å². The second kappa shape index (κ2) is 9.62. The molecule has 0 N–H and O–H groups in total. The van der Waals surface area contributed by atoms with Crippen molar-refractivity contribution < 1.29 is 0 Å². The molecule has 184 valence electrons. The summed E-state index contributed by atoms with van der Waals surface area (Å²) in [6, 6.07) is 17.3. The fraction of sp³-hybridized carbons (Fsp3) is 0.467. The van der Waals surface area contributed by atoms with Crippen LogP contribution in [0.1, 0.15) is 61.1 Å². The zero-order valence-electron chi connectivity index (χ0n) is 21.8. The van der Waals surface area contributed by atoms with Gasteiger partial charge in [0.2, 0.25) is 5.95 Å². The van der Waals surface area contributed by atoms with E-state index in [1.54, 1.807) is 0 Å². The lowest BCUT2D eigenvalue weighted by Gasteiger charge is -2.46. The van der Waals surface area contributed by atoms with Crippen molar-refractivity contribution in [2.24, 2.45) is 11.8 Å². The van der Waals surface area contributed by atoms with Crippen LogP contribution in [-0.4, -0.2) is 27.2 Å². The molecule has 3 unspecified atom stereocenters. The van der Waals surface area contributed by atoms with E-state index in [0.29, 0.717) is 31.0 Å². The first kappa shape index (κ1) is 23.8. The van der Waals surface area contributed by atoms with Gasteiger partial charge in [0.05, 0.1) is 19.0 Å². The van der Waals surface area contributed by atoms with Crippen molar-refractivity contribution in [3.8, 4) is 0 Å². The molecule has 0 radical (unpaired) electrons. The topological polar surface area (TPSA) is 41.4 Å². The van der Waals surface area contributed by atoms with Gasteiger partial charge in [-0.05, 0) is 67.9 Å². The van der Waals surface area contributed by atoms with E-state index < -0.39 is 0 Å². The van der Waals surface area contributed by atoms with Gasteiger partial charge in [-0.3, -0.25) is 19.2 Å². The molecule has 3 aromatic rings. The van der Waals surface area contributed by atoms with Gasteiger partial charge in [0.25, 0.3) is 5.56 Å². The highest BCUT2D eigenvalue weighted by atomic mass is 16.1. The Morgan fingerprint density at radius 3 is 2.46 bits per heavy atom. The summed E-state index contributed by atoms with van der Waals surface area (Å²) in [6.45, 7) is 12.4. The Hall–Kier alpha value is -2.92. The lowest BCUT2D eigenvalue weighted by Crippen LogP contribution is -2.54. The van der Waals surface area contributed by atoms with E-state index in [1.165, 1.54) is 30.4 Å². The maximum absolute atomic E-state index is 14.0. The number of aryl methyl sites for hydroxylation is 3. The third kappa shape index (κ3) is 4.54. The minimum atomic E-state index is 0.0893. The van der Waals surface area contributed by atoms with Gasteiger partial charge < -0.3 is 0 Å². The molecule has 0 saturated heterocycles. The van der Waals surface area contributed by atoms with Crippen LogP contribution in [0.3, 0.4) is 0 Å². The van der Waals surface area contributed by atoms with Gasteiger partial charge in [-0.25, -0.2) is 4.98 Å². The van der Waals surface area contributed by atoms with Gasteiger partial charge in [-0.15, -0.1) is 0 Å². The number of nitrogens with zero attached hydrogens (tertiary/aromatic N) is 4. The van der Waals surface area contributed by atoms with Crippen LogP contribution in [0, 0.1) is 32.6 Å². The first-order chi connectivity index (χ1) is 16.8. The first-order valence-corrected chi connectivity index (χ1v) is 13.1. The van der Waals surface area contributed by atoms with Crippen LogP contribution >= 0.6 is 0 Å². The third-order valence-electron chi connectivity index (χ3n) is 8.50. The van der Waals surface area contributed by atoms with E-state index in [0.717, 1.165) is 35.1 Å². The number of rotatable bonds is 4. The summed E-state index contributed by atoms with van der Waals surface area (Å²) in [6.07, 6.45) is 4.35. The summed E-state index contributed by atoms with van der Waals surface area (Å²) in [4.78, 5) is 23.8. The number of hydrogen-bond acceptors (Lipinski definition) is 4. The van der Waals surface area contributed by atoms with Crippen LogP contribution in [-0.2, 0) is 13.1 Å². The Bertz CT molecular complexity index is 1270. The molecule has 3 atom stereocenters. The first-order valence-electron chi connectivity index (χ1n) is 13.1. The molecule has 5 rings (SSSR count). The Labute approximate surface area is 209 Å². The smallest absolute Gasteiger partial charge is 0.259 e. The standard InChI is InChI=1S/C30H38N4O/c1-20-14-15-26(16-22(20)3)33-18-32(28-13-9-10-21(2)23(28)4)19-34-29(35)27(24(5)31-30(33)34)17-25-11-7-6-8-12-25/h6-8,11-12,14-16,21,23,28H,9-10,13,17-19H2,1-5H3. The van der Waals surface area contributed by atoms with Crippen molar-refractivity contribution in [1.29, 1.82) is 0 Å². The molecule has 0 amide bonds. The fourth-order valence-electron chi connectivity index (χ4n) is 5.86. The lowest BCUT2D eigenvalue weighted by atomic mass is 9.77. The summed E-state index contributed by atoms with van der Waals surface area (Å²) in [7, 11) is 0. The van der Waals surface area contributed by atoms with E-state index in [9.17, 15) is 4.79 Å². The molecular formula is C30H38N4O. The van der Waals surface area contributed by atoms with Crippen LogP contribution in [0.4, 0.5) is 11.6 Å². The molecule has 2 aromatic carbocycles. The molecule has 1 saturated carbocycles. The van der Waals surface area contributed by atoms with E-state index in [2.05, 4.69) is 67.8 Å². The SMILES string of the molecule is Cc1ccc(N2CN(C3CCCC(C)C3C)Cn3c2nc(C)c(Cc2ccccc2)c3=O)cc1C. The summed E-state index contributed by atoms with van der Waals surface area (Å²) in [5.74, 6) is 2.07. The number of aromatic nitrogens is 2. The van der Waals surface area contributed by atoms with Crippen molar-refractivity contribution in [3.63, 3.8) is 0 Å². The highest BCUT2D eigenvalue weighted by Crippen LogP contribution is 2.36. The molecule has 1 aliphatic heterocycles. The van der Waals surface area contributed by atoms with Crippen molar-refractivity contribution in [3.05, 3.63) is 86.8 Å². The molecule has 1 fully saturated rings. The lowest BCUT2D eigenvalue weighted by molar-refractivity contribution is 0.0491. The monoisotopic (exact) mass is 470 g/mol. The maximum atomic E-state index is 14.0. The number of anilines is 2. The molecule has 5 nitrogen and oxygen atoms in total. The van der Waals surface area contributed by atoms with Crippen LogP contribution in [0.5, 0.6) is 0 Å². The highest BCUT2D eigenvalue weighted by Gasteiger charge is 2.36. The maximum Gasteiger partial charge on any atom is 0.259 e. The average Bonchev–Trinajstić information content (AvgIpc) is 2.85. The Morgan fingerprint density at radius 2 is 1.71 bits per heavy atom. The highest BCUT2D eigenvalue weighted by molar-refractivity contribution is 5.60. The van der Waals surface area contributed by atoms with Crippen molar-refractivity contribution in [2.45, 2.75) is 73.0 Å². The van der Waals surface area contributed by atoms with Crippen LogP contribution in [0.15, 0.2) is 53.3 Å². The number of fused-ring (bicyclic) bond motifs is 1. The van der Waals surface area contributed by atoms with Gasteiger partial charge in [0.15, 0.2) is 0 Å². The Kier molecular flexibility index (Phi) is 6.54. The molecule has 2 heterocycles. The van der Waals surface area contributed by atoms with Crippen molar-refractivity contribution in [1.82, 2.24) is 14.5 Å². The van der Waals surface area contributed by atoms with Gasteiger partial charge in [-0.2, -0.15) is 0 Å². The second-order valence-electron chi connectivity index (χ2n) is 10.8. The largest absolute Gasteiger partial charge is 0.298 e. The third-order valence-corrected chi connectivity index (χ3v) is 8.50. The van der Waals surface area contributed by atoms with Crippen molar-refractivity contribution >= 4 is 11.6 Å². The van der Waals surface area contributed by atoms with Crippen LogP contribution in [0.2, 0.25) is 0 Å². The molecule has 1 aliphatic carbocycles. The molecule has 5 heteroatoms. The molecule has 0 spiro atoms. The zero-order chi connectivity index (χ0) is 24.7. The normalized spacial score (nSPS) is 22.8. The average molecular weight is 471 g/mol. The predicted molar refractivity (Wildman–Crippen MR) is 143 cm³/mol. The Morgan fingerprint density at radius 1 is 0.943 bits per heavy atom. The molecule has 1 aromatic heterocycles. The predicted octanol–water partition coefficient (Wildman–Crippen LogP) is 5.95. The Balaban J connectivity index is 1.61. The quantitative estimate of drug-likeness (QED) is 0.472. The molecule has 0 bridgehead atoms. The molecule has 2 aliphatic rings. The van der Waals surface area contributed by atoms with Gasteiger partial charge >= 0.3 is 0 Å². The van der Waals surface area contributed by atoms with Gasteiger partial charge in [0.1, 0.15) is 0 Å². The number of benzene rings is 2. The number of hydrogen-bond donors (Lipinski definition) is 0. The zero-order valence-corrected chi connectivity index (χ0v) is 21.8. The van der Waals surface area contributed by atoms with E-state index in [1.807, 2.05) is 29.7 Å². The second-order valence-corrected chi connectivity index (χ2v) is 10.8. The van der Waals surface area contributed by atoms with E-state index in [4.69, 9.17) is 4.98 Å². The fourth-order valence-corrected chi connectivity index (χ4v) is 5.86. The molecule has 35 heavy (non-hydrogen) atoms. The van der Waals surface area contributed by atoms with Gasteiger partial charge in [0, 0.05) is 23.7 Å². The minimum Gasteiger partial charge on any atom is -0.298 e. The summed E-state index contributed by atoms with van der Waals surface area (Å²) in [5.41, 5.74) is 6.49. The van der Waals surface area contributed by atoms with Crippen LogP contribution in [0.25, 0.3) is 0 Å². The van der Waals surface area contributed by atoms with E-state index >= 15 is 0 Å². The van der Waals surface area contributed by atoms with E-state index in [-0.39, 0.29) is 5.56 Å². The summed E-state index contributed by atoms with van der Waals surface area (Å²) in [5, 5.41) is 0. The molecular weight excluding hydrogens is 432 g/mol. The van der Waals surface area contributed by atoms with Gasteiger partial charge in [-0.1, -0.05) is 63.1 Å². The summed E-state index contributed by atoms with van der Waals surface area (Å²) < 4.78 is 1.93. The van der Waals surface area contributed by atoms with Crippen molar-refractivity contribution in [2.75, 3.05) is 11.6 Å². The summed E-state index contributed by atoms with van der Waals surface area (Å²) >= 11 is 0.